The van der Waals surface area contributed by atoms with Crippen molar-refractivity contribution in [2.75, 3.05) is 25.5 Å². The molecule has 108 valence electrons. The SMILES string of the molecule is CCNC1(C#N)CCCC1CCSC1CCOCC1. The Hall–Kier alpha value is -0.240. The molecule has 1 saturated heterocycles. The molecule has 2 aliphatic rings. The number of hydrogen-bond donors (Lipinski definition) is 1. The Labute approximate surface area is 121 Å². The monoisotopic (exact) mass is 282 g/mol. The van der Waals surface area contributed by atoms with Crippen molar-refractivity contribution in [1.29, 1.82) is 5.26 Å². The van der Waals surface area contributed by atoms with E-state index < -0.39 is 0 Å². The highest BCUT2D eigenvalue weighted by molar-refractivity contribution is 7.99. The molecule has 1 N–H and O–H groups in total. The van der Waals surface area contributed by atoms with Crippen LogP contribution in [0.3, 0.4) is 0 Å². The van der Waals surface area contributed by atoms with E-state index in [-0.39, 0.29) is 5.54 Å². The second kappa shape index (κ2) is 7.52. The summed E-state index contributed by atoms with van der Waals surface area (Å²) in [4.78, 5) is 0. The van der Waals surface area contributed by atoms with Crippen molar-refractivity contribution in [2.45, 2.75) is 56.2 Å². The van der Waals surface area contributed by atoms with E-state index in [9.17, 15) is 5.26 Å². The van der Waals surface area contributed by atoms with Crippen LogP contribution in [0.4, 0.5) is 0 Å². The maximum absolute atomic E-state index is 9.53. The molecule has 0 aromatic heterocycles. The smallest absolute Gasteiger partial charge is 0.109 e. The van der Waals surface area contributed by atoms with Gasteiger partial charge in [0.15, 0.2) is 0 Å². The second-order valence-electron chi connectivity index (χ2n) is 5.67. The quantitative estimate of drug-likeness (QED) is 0.813. The first kappa shape index (κ1) is 15.2. The fourth-order valence-corrected chi connectivity index (χ4v) is 4.70. The fraction of sp³-hybridized carbons (Fsp3) is 0.933. The average Bonchev–Trinajstić information content (AvgIpc) is 2.84. The van der Waals surface area contributed by atoms with Gasteiger partial charge in [0.1, 0.15) is 5.54 Å². The maximum Gasteiger partial charge on any atom is 0.109 e. The van der Waals surface area contributed by atoms with E-state index in [0.29, 0.717) is 5.92 Å². The number of nitriles is 1. The lowest BCUT2D eigenvalue weighted by Crippen LogP contribution is -2.47. The Kier molecular flexibility index (Phi) is 6.00. The standard InChI is InChI=1S/C15H26N2OS/c1-2-17-15(12-16)8-3-4-13(15)7-11-19-14-5-9-18-10-6-14/h13-14,17H,2-11H2,1H3. The molecule has 0 amide bonds. The normalized spacial score (nSPS) is 32.3. The van der Waals surface area contributed by atoms with Gasteiger partial charge in [0.05, 0.1) is 6.07 Å². The minimum atomic E-state index is -0.231. The van der Waals surface area contributed by atoms with Gasteiger partial charge >= 0.3 is 0 Å². The molecule has 0 aromatic rings. The molecule has 4 heteroatoms. The summed E-state index contributed by atoms with van der Waals surface area (Å²) in [6.45, 7) is 4.86. The van der Waals surface area contributed by atoms with E-state index in [2.05, 4.69) is 30.1 Å². The molecule has 2 fully saturated rings. The van der Waals surface area contributed by atoms with Crippen LogP contribution in [-0.2, 0) is 4.74 Å². The first-order valence-corrected chi connectivity index (χ1v) is 8.71. The van der Waals surface area contributed by atoms with Gasteiger partial charge in [0.2, 0.25) is 0 Å². The van der Waals surface area contributed by atoms with E-state index in [1.54, 1.807) is 0 Å². The Morgan fingerprint density at radius 3 is 2.84 bits per heavy atom. The summed E-state index contributed by atoms with van der Waals surface area (Å²) in [7, 11) is 0. The lowest BCUT2D eigenvalue weighted by molar-refractivity contribution is 0.1000. The maximum atomic E-state index is 9.53. The summed E-state index contributed by atoms with van der Waals surface area (Å²) < 4.78 is 5.40. The number of nitrogens with zero attached hydrogens (tertiary/aromatic N) is 1. The van der Waals surface area contributed by atoms with Gasteiger partial charge in [0.25, 0.3) is 0 Å². The lowest BCUT2D eigenvalue weighted by Gasteiger charge is -2.30. The van der Waals surface area contributed by atoms with Gasteiger partial charge in [-0.1, -0.05) is 13.3 Å². The van der Waals surface area contributed by atoms with Crippen molar-refractivity contribution < 1.29 is 4.74 Å². The highest BCUT2D eigenvalue weighted by atomic mass is 32.2. The zero-order chi connectivity index (χ0) is 13.6. The van der Waals surface area contributed by atoms with Crippen LogP contribution in [-0.4, -0.2) is 36.3 Å². The predicted octanol–water partition coefficient (Wildman–Crippen LogP) is 2.96. The van der Waals surface area contributed by atoms with E-state index in [1.165, 1.54) is 37.9 Å². The van der Waals surface area contributed by atoms with Gasteiger partial charge in [-0.15, -0.1) is 0 Å². The minimum Gasteiger partial charge on any atom is -0.381 e. The highest BCUT2D eigenvalue weighted by Crippen LogP contribution is 2.38. The Morgan fingerprint density at radius 2 is 2.16 bits per heavy atom. The molecule has 1 heterocycles. The molecule has 0 spiro atoms. The predicted molar refractivity (Wildman–Crippen MR) is 80.3 cm³/mol. The van der Waals surface area contributed by atoms with Crippen molar-refractivity contribution >= 4 is 11.8 Å². The number of ether oxygens (including phenoxy) is 1. The molecule has 1 aliphatic heterocycles. The van der Waals surface area contributed by atoms with Crippen molar-refractivity contribution in [3.05, 3.63) is 0 Å². The fourth-order valence-electron chi connectivity index (χ4n) is 3.42. The van der Waals surface area contributed by atoms with Crippen molar-refractivity contribution in [3.8, 4) is 6.07 Å². The van der Waals surface area contributed by atoms with Crippen molar-refractivity contribution in [3.63, 3.8) is 0 Å². The topological polar surface area (TPSA) is 45.0 Å². The van der Waals surface area contributed by atoms with Gasteiger partial charge in [-0.2, -0.15) is 17.0 Å². The molecule has 0 radical (unpaired) electrons. The first-order valence-electron chi connectivity index (χ1n) is 7.66. The Balaban J connectivity index is 1.76. The van der Waals surface area contributed by atoms with E-state index in [0.717, 1.165) is 31.4 Å². The third kappa shape index (κ3) is 3.87. The Morgan fingerprint density at radius 1 is 1.37 bits per heavy atom. The summed E-state index contributed by atoms with van der Waals surface area (Å²) in [6, 6.07) is 2.58. The van der Waals surface area contributed by atoms with Crippen LogP contribution in [0, 0.1) is 17.2 Å². The van der Waals surface area contributed by atoms with Crippen LogP contribution < -0.4 is 5.32 Å². The molecule has 0 bridgehead atoms. The average molecular weight is 282 g/mol. The Bertz CT molecular complexity index is 312. The van der Waals surface area contributed by atoms with Gasteiger partial charge in [-0.25, -0.2) is 0 Å². The largest absolute Gasteiger partial charge is 0.381 e. The molecule has 19 heavy (non-hydrogen) atoms. The van der Waals surface area contributed by atoms with Crippen LogP contribution in [0.25, 0.3) is 0 Å². The number of nitrogens with one attached hydrogen (secondary N) is 1. The van der Waals surface area contributed by atoms with Crippen LogP contribution in [0.15, 0.2) is 0 Å². The van der Waals surface area contributed by atoms with Gasteiger partial charge in [-0.3, -0.25) is 5.32 Å². The number of hydrogen-bond acceptors (Lipinski definition) is 4. The van der Waals surface area contributed by atoms with Crippen molar-refractivity contribution in [1.82, 2.24) is 5.32 Å². The molecule has 3 nitrogen and oxygen atoms in total. The molecule has 1 saturated carbocycles. The summed E-state index contributed by atoms with van der Waals surface area (Å²) in [6.07, 6.45) is 7.03. The summed E-state index contributed by atoms with van der Waals surface area (Å²) in [5, 5.41) is 13.8. The van der Waals surface area contributed by atoms with Crippen LogP contribution >= 0.6 is 11.8 Å². The van der Waals surface area contributed by atoms with Gasteiger partial charge < -0.3 is 4.74 Å². The zero-order valence-corrected chi connectivity index (χ0v) is 12.8. The molecule has 2 rings (SSSR count). The van der Waals surface area contributed by atoms with Crippen molar-refractivity contribution in [2.24, 2.45) is 5.92 Å². The molecule has 0 aromatic carbocycles. The molecular weight excluding hydrogens is 256 g/mol. The molecule has 2 atom stereocenters. The van der Waals surface area contributed by atoms with Crippen LogP contribution in [0.2, 0.25) is 0 Å². The van der Waals surface area contributed by atoms with E-state index in [1.807, 2.05) is 0 Å². The van der Waals surface area contributed by atoms with E-state index in [4.69, 9.17) is 4.74 Å². The summed E-state index contributed by atoms with van der Waals surface area (Å²) >= 11 is 2.10. The van der Waals surface area contributed by atoms with Crippen LogP contribution in [0.1, 0.15) is 45.4 Å². The summed E-state index contributed by atoms with van der Waals surface area (Å²) in [5.74, 6) is 1.74. The van der Waals surface area contributed by atoms with Crippen LogP contribution in [0.5, 0.6) is 0 Å². The van der Waals surface area contributed by atoms with E-state index >= 15 is 0 Å². The third-order valence-corrected chi connectivity index (χ3v) is 5.91. The van der Waals surface area contributed by atoms with Gasteiger partial charge in [0, 0.05) is 18.5 Å². The highest BCUT2D eigenvalue weighted by Gasteiger charge is 2.42. The second-order valence-corrected chi connectivity index (χ2v) is 7.08. The summed E-state index contributed by atoms with van der Waals surface area (Å²) in [5.41, 5.74) is -0.231. The molecule has 1 aliphatic carbocycles. The zero-order valence-electron chi connectivity index (χ0n) is 12.0. The first-order chi connectivity index (χ1) is 9.30. The minimum absolute atomic E-state index is 0.231. The third-order valence-electron chi connectivity index (χ3n) is 4.50. The van der Waals surface area contributed by atoms with Gasteiger partial charge in [-0.05, 0) is 50.3 Å². The molecular formula is C15H26N2OS. The molecule has 2 unspecified atom stereocenters. The lowest BCUT2D eigenvalue weighted by atomic mass is 9.86. The number of thioether (sulfide) groups is 1. The number of rotatable bonds is 6.